The second-order valence-corrected chi connectivity index (χ2v) is 6.27. The van der Waals surface area contributed by atoms with Gasteiger partial charge in [-0.25, -0.2) is 0 Å². The Bertz CT molecular complexity index is 897. The van der Waals surface area contributed by atoms with Crippen molar-refractivity contribution in [3.8, 4) is 11.4 Å². The molecule has 1 aliphatic heterocycles. The van der Waals surface area contributed by atoms with Crippen LogP contribution in [0.25, 0.3) is 11.4 Å². The number of fused-ring (bicyclic) bond motifs is 1. The van der Waals surface area contributed by atoms with Gasteiger partial charge in [-0.05, 0) is 19.9 Å². The molecule has 0 saturated heterocycles. The second kappa shape index (κ2) is 6.16. The molecule has 0 fully saturated rings. The van der Waals surface area contributed by atoms with Gasteiger partial charge in [0.15, 0.2) is 11.6 Å². The molecule has 7 heteroatoms. The SMILES string of the molecule is CCn1ccc(C(=O)N2Cc3nnc(-c4ccccc4)n3[C@@H](C)C2)n1. The average molecular weight is 336 g/mol. The zero-order valence-corrected chi connectivity index (χ0v) is 14.3. The van der Waals surface area contributed by atoms with E-state index in [9.17, 15) is 4.79 Å². The second-order valence-electron chi connectivity index (χ2n) is 6.27. The molecule has 128 valence electrons. The van der Waals surface area contributed by atoms with Gasteiger partial charge in [-0.1, -0.05) is 30.3 Å². The van der Waals surface area contributed by atoms with E-state index in [1.165, 1.54) is 0 Å². The summed E-state index contributed by atoms with van der Waals surface area (Å²) in [6, 6.07) is 11.9. The maximum atomic E-state index is 12.8. The number of hydrogen-bond acceptors (Lipinski definition) is 4. The maximum absolute atomic E-state index is 12.8. The van der Waals surface area contributed by atoms with Gasteiger partial charge in [0.25, 0.3) is 5.91 Å². The number of nitrogens with zero attached hydrogens (tertiary/aromatic N) is 6. The molecule has 7 nitrogen and oxygen atoms in total. The lowest BCUT2D eigenvalue weighted by Gasteiger charge is -2.32. The van der Waals surface area contributed by atoms with Crippen LogP contribution in [0.1, 0.15) is 36.2 Å². The van der Waals surface area contributed by atoms with Crippen molar-refractivity contribution in [2.45, 2.75) is 33.0 Å². The Kier molecular flexibility index (Phi) is 3.83. The molecule has 0 radical (unpaired) electrons. The zero-order chi connectivity index (χ0) is 17.4. The normalized spacial score (nSPS) is 16.7. The highest BCUT2D eigenvalue weighted by Gasteiger charge is 2.30. The zero-order valence-electron chi connectivity index (χ0n) is 14.3. The lowest BCUT2D eigenvalue weighted by molar-refractivity contribution is 0.0675. The van der Waals surface area contributed by atoms with Gasteiger partial charge < -0.3 is 9.47 Å². The van der Waals surface area contributed by atoms with Gasteiger partial charge in [0.1, 0.15) is 5.69 Å². The molecule has 0 unspecified atom stereocenters. The van der Waals surface area contributed by atoms with Gasteiger partial charge in [0, 0.05) is 24.8 Å². The minimum atomic E-state index is -0.0606. The largest absolute Gasteiger partial charge is 0.328 e. The lowest BCUT2D eigenvalue weighted by atomic mass is 10.1. The third-order valence-corrected chi connectivity index (χ3v) is 4.53. The summed E-state index contributed by atoms with van der Waals surface area (Å²) in [5.41, 5.74) is 1.51. The van der Waals surface area contributed by atoms with Gasteiger partial charge in [-0.15, -0.1) is 10.2 Å². The number of benzene rings is 1. The monoisotopic (exact) mass is 336 g/mol. The van der Waals surface area contributed by atoms with Crippen LogP contribution >= 0.6 is 0 Å². The number of aryl methyl sites for hydroxylation is 1. The van der Waals surface area contributed by atoms with Gasteiger partial charge in [-0.2, -0.15) is 5.10 Å². The molecule has 1 atom stereocenters. The fourth-order valence-corrected chi connectivity index (χ4v) is 3.28. The van der Waals surface area contributed by atoms with Crippen LogP contribution in [0.3, 0.4) is 0 Å². The molecule has 4 rings (SSSR count). The third-order valence-electron chi connectivity index (χ3n) is 4.53. The van der Waals surface area contributed by atoms with Gasteiger partial charge >= 0.3 is 0 Å². The van der Waals surface area contributed by atoms with E-state index in [2.05, 4.69) is 26.8 Å². The van der Waals surface area contributed by atoms with Crippen LogP contribution in [0.2, 0.25) is 0 Å². The minimum Gasteiger partial charge on any atom is -0.328 e. The van der Waals surface area contributed by atoms with E-state index in [4.69, 9.17) is 0 Å². The third kappa shape index (κ3) is 2.71. The first kappa shape index (κ1) is 15.6. The smallest absolute Gasteiger partial charge is 0.274 e. The van der Waals surface area contributed by atoms with Crippen LogP contribution in [0.15, 0.2) is 42.6 Å². The van der Waals surface area contributed by atoms with Crippen molar-refractivity contribution in [1.82, 2.24) is 29.4 Å². The van der Waals surface area contributed by atoms with Crippen LogP contribution in [0.5, 0.6) is 0 Å². The number of carbonyl (C=O) groups is 1. The van der Waals surface area contributed by atoms with E-state index in [-0.39, 0.29) is 11.9 Å². The number of aromatic nitrogens is 5. The van der Waals surface area contributed by atoms with Crippen molar-refractivity contribution < 1.29 is 4.79 Å². The Hall–Kier alpha value is -2.96. The van der Waals surface area contributed by atoms with E-state index in [0.717, 1.165) is 23.8 Å². The van der Waals surface area contributed by atoms with Crippen LogP contribution in [-0.4, -0.2) is 41.9 Å². The maximum Gasteiger partial charge on any atom is 0.274 e. The molecule has 2 aromatic heterocycles. The van der Waals surface area contributed by atoms with Crippen LogP contribution in [0.4, 0.5) is 0 Å². The van der Waals surface area contributed by atoms with Crippen molar-refractivity contribution >= 4 is 5.91 Å². The highest BCUT2D eigenvalue weighted by molar-refractivity contribution is 5.92. The summed E-state index contributed by atoms with van der Waals surface area (Å²) in [7, 11) is 0. The van der Waals surface area contributed by atoms with Crippen molar-refractivity contribution in [2.75, 3.05) is 6.54 Å². The molecule has 0 spiro atoms. The van der Waals surface area contributed by atoms with Crippen molar-refractivity contribution in [1.29, 1.82) is 0 Å². The average Bonchev–Trinajstić information content (AvgIpc) is 3.29. The molecular weight excluding hydrogens is 316 g/mol. The molecule has 25 heavy (non-hydrogen) atoms. The number of carbonyl (C=O) groups excluding carboxylic acids is 1. The first-order valence-corrected chi connectivity index (χ1v) is 8.49. The summed E-state index contributed by atoms with van der Waals surface area (Å²) in [6.07, 6.45) is 1.83. The van der Waals surface area contributed by atoms with Crippen molar-refractivity contribution in [2.24, 2.45) is 0 Å². The number of hydrogen-bond donors (Lipinski definition) is 0. The van der Waals surface area contributed by atoms with Gasteiger partial charge in [0.2, 0.25) is 0 Å². The number of rotatable bonds is 3. The molecule has 3 aromatic rings. The lowest BCUT2D eigenvalue weighted by Crippen LogP contribution is -2.40. The summed E-state index contributed by atoms with van der Waals surface area (Å²) in [6.45, 7) is 5.89. The Labute approximate surface area is 145 Å². The molecule has 0 N–H and O–H groups in total. The molecule has 1 amide bonds. The van der Waals surface area contributed by atoms with Crippen molar-refractivity contribution in [3.63, 3.8) is 0 Å². The Morgan fingerprint density at radius 3 is 2.72 bits per heavy atom. The Morgan fingerprint density at radius 2 is 2.00 bits per heavy atom. The highest BCUT2D eigenvalue weighted by atomic mass is 16.2. The van der Waals surface area contributed by atoms with Gasteiger partial charge in [-0.3, -0.25) is 9.48 Å². The Morgan fingerprint density at radius 1 is 1.20 bits per heavy atom. The quantitative estimate of drug-likeness (QED) is 0.736. The topological polar surface area (TPSA) is 68.8 Å². The van der Waals surface area contributed by atoms with Crippen LogP contribution < -0.4 is 0 Å². The summed E-state index contributed by atoms with van der Waals surface area (Å²) < 4.78 is 3.89. The van der Waals surface area contributed by atoms with Crippen molar-refractivity contribution in [3.05, 3.63) is 54.1 Å². The van der Waals surface area contributed by atoms with E-state index < -0.39 is 0 Å². The van der Waals surface area contributed by atoms with Crippen LogP contribution in [0, 0.1) is 0 Å². The molecule has 1 aliphatic rings. The standard InChI is InChI=1S/C18H20N6O/c1-3-23-10-9-15(21-23)18(25)22-11-13(2)24-16(12-22)19-20-17(24)14-7-5-4-6-8-14/h4-10,13H,3,11-12H2,1-2H3/t13-/m0/s1. The summed E-state index contributed by atoms with van der Waals surface area (Å²) >= 11 is 0. The minimum absolute atomic E-state index is 0.0606. The first-order valence-electron chi connectivity index (χ1n) is 8.49. The first-order chi connectivity index (χ1) is 12.2. The van der Waals surface area contributed by atoms with E-state index >= 15 is 0 Å². The van der Waals surface area contributed by atoms with E-state index in [1.54, 1.807) is 15.6 Å². The molecule has 1 aromatic carbocycles. The predicted molar refractivity (Wildman–Crippen MR) is 92.8 cm³/mol. The highest BCUT2D eigenvalue weighted by Crippen LogP contribution is 2.27. The van der Waals surface area contributed by atoms with Gasteiger partial charge in [0.05, 0.1) is 12.6 Å². The predicted octanol–water partition coefficient (Wildman–Crippen LogP) is 2.38. The molecule has 0 saturated carbocycles. The summed E-state index contributed by atoms with van der Waals surface area (Å²) in [5, 5.41) is 13.0. The molecule has 0 aliphatic carbocycles. The van der Waals surface area contributed by atoms with E-state index in [1.807, 2.05) is 43.5 Å². The fraction of sp³-hybridized carbons (Fsp3) is 0.333. The van der Waals surface area contributed by atoms with E-state index in [0.29, 0.717) is 18.8 Å². The molecular formula is C18H20N6O. The van der Waals surface area contributed by atoms with Crippen LogP contribution in [-0.2, 0) is 13.1 Å². The number of amides is 1. The summed E-state index contributed by atoms with van der Waals surface area (Å²) in [4.78, 5) is 14.6. The molecule has 0 bridgehead atoms. The summed E-state index contributed by atoms with van der Waals surface area (Å²) in [5.74, 6) is 1.60. The molecule has 3 heterocycles. The fourth-order valence-electron chi connectivity index (χ4n) is 3.28. The Balaban J connectivity index is 1.62.